The summed E-state index contributed by atoms with van der Waals surface area (Å²) in [5.74, 6) is 1.06. The fraction of sp³-hybridized carbons (Fsp3) is 0.364. The number of anilines is 2. The van der Waals surface area contributed by atoms with Gasteiger partial charge in [0.2, 0.25) is 5.91 Å². The third kappa shape index (κ3) is 4.03. The van der Waals surface area contributed by atoms with E-state index in [0.717, 1.165) is 42.0 Å². The zero-order valence-corrected chi connectivity index (χ0v) is 16.1. The highest BCUT2D eigenvalue weighted by atomic mass is 32.2. The summed E-state index contributed by atoms with van der Waals surface area (Å²) in [6.07, 6.45) is 5.41. The summed E-state index contributed by atoms with van der Waals surface area (Å²) < 4.78 is 0. The van der Waals surface area contributed by atoms with Gasteiger partial charge in [0.15, 0.2) is 0 Å². The standard InChI is InChI=1S/C22H24N2O2S/c25-21(16-7-2-1-3-8-16)23-18-10-6-9-17(15-18)22(26)24-13-14-27-20-12-5-4-11-19(20)24/h4-6,9-12,15-16H,1-3,7-8,13-14H2,(H,23,25). The first-order valence-electron chi connectivity index (χ1n) is 9.67. The first kappa shape index (κ1) is 18.1. The molecule has 2 aromatic carbocycles. The lowest BCUT2D eigenvalue weighted by Gasteiger charge is -2.29. The molecule has 0 bridgehead atoms. The van der Waals surface area contributed by atoms with E-state index in [1.807, 2.05) is 41.3 Å². The van der Waals surface area contributed by atoms with Gasteiger partial charge in [-0.3, -0.25) is 9.59 Å². The van der Waals surface area contributed by atoms with Crippen molar-refractivity contribution in [2.24, 2.45) is 5.92 Å². The Morgan fingerprint density at radius 3 is 2.67 bits per heavy atom. The Bertz CT molecular complexity index is 846. The van der Waals surface area contributed by atoms with Crippen LogP contribution in [0.2, 0.25) is 0 Å². The number of thioether (sulfide) groups is 1. The second-order valence-corrected chi connectivity index (χ2v) is 8.31. The highest BCUT2D eigenvalue weighted by molar-refractivity contribution is 7.99. The Morgan fingerprint density at radius 2 is 1.81 bits per heavy atom. The Balaban J connectivity index is 1.51. The molecule has 4 rings (SSSR count). The second-order valence-electron chi connectivity index (χ2n) is 7.18. The maximum atomic E-state index is 13.1. The summed E-state index contributed by atoms with van der Waals surface area (Å²) in [5.41, 5.74) is 2.28. The van der Waals surface area contributed by atoms with Gasteiger partial charge in [-0.2, -0.15) is 0 Å². The van der Waals surface area contributed by atoms with Crippen molar-refractivity contribution < 1.29 is 9.59 Å². The van der Waals surface area contributed by atoms with Gasteiger partial charge in [-0.05, 0) is 43.2 Å². The molecule has 1 aliphatic heterocycles. The van der Waals surface area contributed by atoms with Crippen LogP contribution in [-0.2, 0) is 4.79 Å². The van der Waals surface area contributed by atoms with Gasteiger partial charge in [-0.25, -0.2) is 0 Å². The fourth-order valence-corrected chi connectivity index (χ4v) is 4.87. The number of carbonyl (C=O) groups is 2. The van der Waals surface area contributed by atoms with E-state index in [1.54, 1.807) is 17.8 Å². The van der Waals surface area contributed by atoms with Gasteiger partial charge in [0.1, 0.15) is 0 Å². The molecule has 140 valence electrons. The van der Waals surface area contributed by atoms with Crippen molar-refractivity contribution in [1.29, 1.82) is 0 Å². The maximum absolute atomic E-state index is 13.1. The number of rotatable bonds is 3. The van der Waals surface area contributed by atoms with Crippen LogP contribution in [0.3, 0.4) is 0 Å². The van der Waals surface area contributed by atoms with Crippen LogP contribution in [-0.4, -0.2) is 24.1 Å². The lowest BCUT2D eigenvalue weighted by atomic mass is 9.88. The van der Waals surface area contributed by atoms with E-state index >= 15 is 0 Å². The molecule has 2 amide bonds. The van der Waals surface area contributed by atoms with Crippen LogP contribution in [0.25, 0.3) is 0 Å². The summed E-state index contributed by atoms with van der Waals surface area (Å²) in [5, 5.41) is 3.02. The first-order valence-corrected chi connectivity index (χ1v) is 10.7. The molecular formula is C22H24N2O2S. The Labute approximate surface area is 164 Å². The number of carbonyl (C=O) groups excluding carboxylic acids is 2. The molecule has 1 aliphatic carbocycles. The predicted octanol–water partition coefficient (Wildman–Crippen LogP) is 4.96. The van der Waals surface area contributed by atoms with Gasteiger partial charge in [-0.15, -0.1) is 11.8 Å². The Hall–Kier alpha value is -2.27. The quantitative estimate of drug-likeness (QED) is 0.819. The second kappa shape index (κ2) is 8.17. The summed E-state index contributed by atoms with van der Waals surface area (Å²) in [4.78, 5) is 28.6. The fourth-order valence-electron chi connectivity index (χ4n) is 3.88. The SMILES string of the molecule is O=C(Nc1cccc(C(=O)N2CCSc3ccccc32)c1)C1CCCCC1. The van der Waals surface area contributed by atoms with Crippen molar-refractivity contribution in [1.82, 2.24) is 0 Å². The van der Waals surface area contributed by atoms with Gasteiger partial charge < -0.3 is 10.2 Å². The van der Waals surface area contributed by atoms with Crippen molar-refractivity contribution in [3.05, 3.63) is 54.1 Å². The predicted molar refractivity (Wildman–Crippen MR) is 110 cm³/mol. The van der Waals surface area contributed by atoms with E-state index in [-0.39, 0.29) is 17.7 Å². The first-order chi connectivity index (χ1) is 13.2. The maximum Gasteiger partial charge on any atom is 0.258 e. The van der Waals surface area contributed by atoms with Gasteiger partial charge in [-0.1, -0.05) is 37.5 Å². The van der Waals surface area contributed by atoms with Crippen molar-refractivity contribution in [2.75, 3.05) is 22.5 Å². The van der Waals surface area contributed by atoms with E-state index in [0.29, 0.717) is 17.8 Å². The minimum atomic E-state index is -0.0171. The molecule has 0 aromatic heterocycles. The molecule has 0 saturated heterocycles. The molecule has 4 nitrogen and oxygen atoms in total. The van der Waals surface area contributed by atoms with E-state index in [4.69, 9.17) is 0 Å². The smallest absolute Gasteiger partial charge is 0.258 e. The minimum Gasteiger partial charge on any atom is -0.326 e. The van der Waals surface area contributed by atoms with Crippen LogP contribution in [0.15, 0.2) is 53.4 Å². The average Bonchev–Trinajstić information content (AvgIpc) is 2.73. The highest BCUT2D eigenvalue weighted by Crippen LogP contribution is 2.35. The van der Waals surface area contributed by atoms with Gasteiger partial charge in [0.05, 0.1) is 5.69 Å². The number of fused-ring (bicyclic) bond motifs is 1. The monoisotopic (exact) mass is 380 g/mol. The van der Waals surface area contributed by atoms with Crippen LogP contribution >= 0.6 is 11.8 Å². The highest BCUT2D eigenvalue weighted by Gasteiger charge is 2.25. The molecule has 0 radical (unpaired) electrons. The van der Waals surface area contributed by atoms with Crippen molar-refractivity contribution in [3.63, 3.8) is 0 Å². The Kier molecular flexibility index (Phi) is 5.48. The van der Waals surface area contributed by atoms with Crippen LogP contribution in [0, 0.1) is 5.92 Å². The van der Waals surface area contributed by atoms with Gasteiger partial charge in [0.25, 0.3) is 5.91 Å². The zero-order chi connectivity index (χ0) is 18.6. The molecule has 2 aliphatic rings. The van der Waals surface area contributed by atoms with E-state index in [9.17, 15) is 9.59 Å². The molecule has 0 unspecified atom stereocenters. The molecule has 1 fully saturated rings. The number of benzene rings is 2. The summed E-state index contributed by atoms with van der Waals surface area (Å²) in [6.45, 7) is 0.694. The Morgan fingerprint density at radius 1 is 1.00 bits per heavy atom. The van der Waals surface area contributed by atoms with E-state index in [1.165, 1.54) is 6.42 Å². The molecule has 5 heteroatoms. The molecule has 2 aromatic rings. The topological polar surface area (TPSA) is 49.4 Å². The summed E-state index contributed by atoms with van der Waals surface area (Å²) in [7, 11) is 0. The molecule has 1 saturated carbocycles. The molecular weight excluding hydrogens is 356 g/mol. The normalized spacial score (nSPS) is 17.3. The number of para-hydroxylation sites is 1. The van der Waals surface area contributed by atoms with Crippen LogP contribution in [0.4, 0.5) is 11.4 Å². The molecule has 0 atom stereocenters. The third-order valence-corrected chi connectivity index (χ3v) is 6.37. The largest absolute Gasteiger partial charge is 0.326 e. The number of amides is 2. The van der Waals surface area contributed by atoms with E-state index in [2.05, 4.69) is 11.4 Å². The third-order valence-electron chi connectivity index (χ3n) is 5.33. The van der Waals surface area contributed by atoms with Crippen molar-refractivity contribution in [2.45, 2.75) is 37.0 Å². The van der Waals surface area contributed by atoms with E-state index < -0.39 is 0 Å². The summed E-state index contributed by atoms with van der Waals surface area (Å²) >= 11 is 1.78. The number of hydrogen-bond acceptors (Lipinski definition) is 3. The summed E-state index contributed by atoms with van der Waals surface area (Å²) in [6, 6.07) is 15.3. The lowest BCUT2D eigenvalue weighted by molar-refractivity contribution is -0.120. The van der Waals surface area contributed by atoms with Gasteiger partial charge >= 0.3 is 0 Å². The lowest BCUT2D eigenvalue weighted by Crippen LogP contribution is -2.35. The van der Waals surface area contributed by atoms with Crippen LogP contribution in [0.5, 0.6) is 0 Å². The van der Waals surface area contributed by atoms with Crippen molar-refractivity contribution in [3.8, 4) is 0 Å². The number of nitrogens with zero attached hydrogens (tertiary/aromatic N) is 1. The molecule has 27 heavy (non-hydrogen) atoms. The minimum absolute atomic E-state index is 0.0171. The molecule has 1 N–H and O–H groups in total. The molecule has 1 heterocycles. The van der Waals surface area contributed by atoms with Gasteiger partial charge in [0, 0.05) is 34.4 Å². The average molecular weight is 381 g/mol. The van der Waals surface area contributed by atoms with Crippen LogP contribution in [0.1, 0.15) is 42.5 Å². The number of nitrogens with one attached hydrogen (secondary N) is 1. The molecule has 0 spiro atoms. The van der Waals surface area contributed by atoms with Crippen molar-refractivity contribution >= 4 is 35.0 Å². The zero-order valence-electron chi connectivity index (χ0n) is 15.3. The number of hydrogen-bond donors (Lipinski definition) is 1. The van der Waals surface area contributed by atoms with Crippen LogP contribution < -0.4 is 10.2 Å².